The van der Waals surface area contributed by atoms with E-state index in [2.05, 4.69) is 66.4 Å². The highest BCUT2D eigenvalue weighted by molar-refractivity contribution is 6.06. The standard InChI is InChI=1S/C32H38N2O2/c1-24-15-17-27(18-16-24)34(32(35)26-11-8-12-29(23-26)36-2)28-19-21-33(22-20-28)31-14-7-6-13-30(31)25-9-4-3-5-10-25/h3-5,8-12,15-18,23,28,30-31H,6-7,13-14,19-22H2,1-2H3/t30-,31-/m1/s1. The summed E-state index contributed by atoms with van der Waals surface area (Å²) in [4.78, 5) is 18.6. The number of ether oxygens (including phenoxy) is 1. The Morgan fingerprint density at radius 1 is 0.861 bits per heavy atom. The molecule has 4 nitrogen and oxygen atoms in total. The number of carbonyl (C=O) groups is 1. The minimum atomic E-state index is 0.0519. The van der Waals surface area contributed by atoms with Gasteiger partial charge in [0.05, 0.1) is 7.11 Å². The lowest BCUT2D eigenvalue weighted by Crippen LogP contribution is -2.51. The van der Waals surface area contributed by atoms with Crippen LogP contribution in [0.2, 0.25) is 0 Å². The van der Waals surface area contributed by atoms with Crippen molar-refractivity contribution in [3.8, 4) is 5.75 Å². The van der Waals surface area contributed by atoms with Gasteiger partial charge in [0.15, 0.2) is 0 Å². The summed E-state index contributed by atoms with van der Waals surface area (Å²) in [6.07, 6.45) is 7.16. The summed E-state index contributed by atoms with van der Waals surface area (Å²) >= 11 is 0. The number of piperidine rings is 1. The molecule has 0 bridgehead atoms. The van der Waals surface area contributed by atoms with Crippen LogP contribution in [-0.2, 0) is 0 Å². The number of methoxy groups -OCH3 is 1. The maximum absolute atomic E-state index is 13.9. The van der Waals surface area contributed by atoms with E-state index in [-0.39, 0.29) is 11.9 Å². The topological polar surface area (TPSA) is 32.8 Å². The zero-order valence-corrected chi connectivity index (χ0v) is 21.6. The van der Waals surface area contributed by atoms with E-state index in [1.54, 1.807) is 7.11 Å². The molecule has 1 amide bonds. The number of likely N-dealkylation sites (tertiary alicyclic amines) is 1. The predicted octanol–water partition coefficient (Wildman–Crippen LogP) is 6.84. The predicted molar refractivity (Wildman–Crippen MR) is 147 cm³/mol. The Balaban J connectivity index is 1.35. The summed E-state index contributed by atoms with van der Waals surface area (Å²) in [6, 6.07) is 27.8. The fourth-order valence-electron chi connectivity index (χ4n) is 6.21. The van der Waals surface area contributed by atoms with Crippen molar-refractivity contribution in [2.75, 3.05) is 25.1 Å². The smallest absolute Gasteiger partial charge is 0.258 e. The number of hydrogen-bond acceptors (Lipinski definition) is 3. The van der Waals surface area contributed by atoms with Crippen molar-refractivity contribution in [3.63, 3.8) is 0 Å². The number of amides is 1. The fraction of sp³-hybridized carbons (Fsp3) is 0.406. The van der Waals surface area contributed by atoms with Crippen molar-refractivity contribution in [1.82, 2.24) is 4.90 Å². The van der Waals surface area contributed by atoms with E-state index < -0.39 is 0 Å². The zero-order chi connectivity index (χ0) is 24.9. The van der Waals surface area contributed by atoms with Crippen LogP contribution in [0.4, 0.5) is 5.69 Å². The number of nitrogens with zero attached hydrogens (tertiary/aromatic N) is 2. The minimum absolute atomic E-state index is 0.0519. The lowest BCUT2D eigenvalue weighted by Gasteiger charge is -2.45. The fourth-order valence-corrected chi connectivity index (χ4v) is 6.21. The van der Waals surface area contributed by atoms with Gasteiger partial charge >= 0.3 is 0 Å². The normalized spacial score (nSPS) is 21.2. The second-order valence-electron chi connectivity index (χ2n) is 10.4. The van der Waals surface area contributed by atoms with Gasteiger partial charge in [-0.15, -0.1) is 0 Å². The molecule has 0 unspecified atom stereocenters. The molecule has 0 N–H and O–H groups in total. The van der Waals surface area contributed by atoms with Crippen LogP contribution in [0.3, 0.4) is 0 Å². The van der Waals surface area contributed by atoms with Gasteiger partial charge in [0, 0.05) is 36.4 Å². The third-order valence-corrected chi connectivity index (χ3v) is 8.14. The maximum atomic E-state index is 13.9. The quantitative estimate of drug-likeness (QED) is 0.386. The molecule has 0 spiro atoms. The molecule has 4 heteroatoms. The van der Waals surface area contributed by atoms with Crippen LogP contribution in [0.5, 0.6) is 5.75 Å². The van der Waals surface area contributed by atoms with Gasteiger partial charge in [-0.05, 0) is 74.4 Å². The van der Waals surface area contributed by atoms with E-state index in [1.807, 2.05) is 29.2 Å². The minimum Gasteiger partial charge on any atom is -0.497 e. The molecule has 188 valence electrons. The Morgan fingerprint density at radius 3 is 2.31 bits per heavy atom. The van der Waals surface area contributed by atoms with Crippen molar-refractivity contribution in [2.45, 2.75) is 63.5 Å². The summed E-state index contributed by atoms with van der Waals surface area (Å²) in [6.45, 7) is 4.16. The monoisotopic (exact) mass is 482 g/mol. The maximum Gasteiger partial charge on any atom is 0.258 e. The first kappa shape index (κ1) is 24.6. The molecule has 2 atom stereocenters. The van der Waals surface area contributed by atoms with Crippen molar-refractivity contribution in [2.24, 2.45) is 0 Å². The molecule has 0 radical (unpaired) electrons. The first-order chi connectivity index (χ1) is 17.6. The molecule has 5 rings (SSSR count). The lowest BCUT2D eigenvalue weighted by atomic mass is 9.78. The lowest BCUT2D eigenvalue weighted by molar-refractivity contribution is 0.0895. The molecular formula is C32H38N2O2. The van der Waals surface area contributed by atoms with Crippen molar-refractivity contribution >= 4 is 11.6 Å². The van der Waals surface area contributed by atoms with E-state index in [9.17, 15) is 4.79 Å². The molecule has 1 saturated heterocycles. The molecular weight excluding hydrogens is 444 g/mol. The molecule has 1 saturated carbocycles. The summed E-state index contributed by atoms with van der Waals surface area (Å²) in [7, 11) is 1.64. The highest BCUT2D eigenvalue weighted by Gasteiger charge is 2.36. The number of hydrogen-bond donors (Lipinski definition) is 0. The molecule has 36 heavy (non-hydrogen) atoms. The van der Waals surface area contributed by atoms with E-state index in [0.717, 1.165) is 31.6 Å². The van der Waals surface area contributed by atoms with Crippen LogP contribution in [0.15, 0.2) is 78.9 Å². The van der Waals surface area contributed by atoms with Crippen LogP contribution in [0.1, 0.15) is 65.9 Å². The highest BCUT2D eigenvalue weighted by atomic mass is 16.5. The molecule has 3 aromatic carbocycles. The second-order valence-corrected chi connectivity index (χ2v) is 10.4. The van der Waals surface area contributed by atoms with Crippen LogP contribution in [0, 0.1) is 6.92 Å². The Bertz CT molecular complexity index is 1140. The summed E-state index contributed by atoms with van der Waals surface area (Å²) < 4.78 is 5.40. The number of carbonyl (C=O) groups excluding carboxylic acids is 1. The van der Waals surface area contributed by atoms with Crippen molar-refractivity contribution < 1.29 is 9.53 Å². The molecule has 2 aliphatic rings. The molecule has 2 fully saturated rings. The average Bonchev–Trinajstić information content (AvgIpc) is 2.95. The Labute approximate surface area is 215 Å². The average molecular weight is 483 g/mol. The van der Waals surface area contributed by atoms with Crippen LogP contribution in [0.25, 0.3) is 0 Å². The number of aryl methyl sites for hydroxylation is 1. The summed E-state index contributed by atoms with van der Waals surface area (Å²) in [5, 5.41) is 0. The largest absolute Gasteiger partial charge is 0.497 e. The SMILES string of the molecule is COc1cccc(C(=O)N(c2ccc(C)cc2)C2CCN([C@@H]3CCCC[C@@H]3c3ccccc3)CC2)c1. The third kappa shape index (κ3) is 5.34. The van der Waals surface area contributed by atoms with Crippen molar-refractivity contribution in [3.05, 3.63) is 95.6 Å². The zero-order valence-electron chi connectivity index (χ0n) is 21.6. The van der Waals surface area contributed by atoms with Gasteiger partial charge in [-0.2, -0.15) is 0 Å². The van der Waals surface area contributed by atoms with Crippen LogP contribution >= 0.6 is 0 Å². The van der Waals surface area contributed by atoms with E-state index in [1.165, 1.54) is 36.8 Å². The van der Waals surface area contributed by atoms with Gasteiger partial charge < -0.3 is 9.64 Å². The molecule has 1 heterocycles. The first-order valence-electron chi connectivity index (χ1n) is 13.5. The van der Waals surface area contributed by atoms with Gasteiger partial charge in [-0.25, -0.2) is 0 Å². The van der Waals surface area contributed by atoms with Crippen molar-refractivity contribution in [1.29, 1.82) is 0 Å². The van der Waals surface area contributed by atoms with Crippen LogP contribution < -0.4 is 9.64 Å². The molecule has 1 aliphatic carbocycles. The molecule has 1 aliphatic heterocycles. The number of rotatable bonds is 6. The Morgan fingerprint density at radius 2 is 1.58 bits per heavy atom. The van der Waals surface area contributed by atoms with Crippen LogP contribution in [-0.4, -0.2) is 43.1 Å². The van der Waals surface area contributed by atoms with Gasteiger partial charge in [-0.1, -0.05) is 66.9 Å². The van der Waals surface area contributed by atoms with Gasteiger partial charge in [0.1, 0.15) is 5.75 Å². The second kappa shape index (κ2) is 11.3. The molecule has 3 aromatic rings. The number of anilines is 1. The highest BCUT2D eigenvalue weighted by Crippen LogP contribution is 2.38. The van der Waals surface area contributed by atoms with Gasteiger partial charge in [0.2, 0.25) is 0 Å². The van der Waals surface area contributed by atoms with E-state index in [0.29, 0.717) is 23.3 Å². The first-order valence-corrected chi connectivity index (χ1v) is 13.5. The Hall–Kier alpha value is -3.11. The van der Waals surface area contributed by atoms with Gasteiger partial charge in [-0.3, -0.25) is 9.69 Å². The summed E-state index contributed by atoms with van der Waals surface area (Å²) in [5.41, 5.74) is 4.34. The van der Waals surface area contributed by atoms with E-state index >= 15 is 0 Å². The van der Waals surface area contributed by atoms with Gasteiger partial charge in [0.25, 0.3) is 5.91 Å². The number of benzene rings is 3. The van der Waals surface area contributed by atoms with E-state index in [4.69, 9.17) is 4.74 Å². The molecule has 0 aromatic heterocycles. The Kier molecular flexibility index (Phi) is 7.72. The third-order valence-electron chi connectivity index (χ3n) is 8.14. The summed E-state index contributed by atoms with van der Waals surface area (Å²) in [5.74, 6) is 1.38.